The number of rotatable bonds is 7. The number of hydrogen-bond acceptors (Lipinski definition) is 6. The van der Waals surface area contributed by atoms with E-state index < -0.39 is 30.7 Å². The molecule has 146 valence electrons. The Labute approximate surface area is 157 Å². The molecule has 0 saturated carbocycles. The summed E-state index contributed by atoms with van der Waals surface area (Å²) in [6, 6.07) is 7.92. The Morgan fingerprint density at radius 2 is 1.70 bits per heavy atom. The summed E-state index contributed by atoms with van der Waals surface area (Å²) in [6.45, 7) is 3.17. The second kappa shape index (κ2) is 7.57. The molecular weight excluding hydrogens is 394 g/mol. The van der Waals surface area contributed by atoms with Crippen LogP contribution in [0, 0.1) is 6.92 Å². The minimum absolute atomic E-state index is 0.0609. The lowest BCUT2D eigenvalue weighted by atomic mass is 10.2. The fourth-order valence-electron chi connectivity index (χ4n) is 2.31. The smallest absolute Gasteiger partial charge is 0.339 e. The van der Waals surface area contributed by atoms with Crippen LogP contribution >= 0.6 is 0 Å². The third-order valence-electron chi connectivity index (χ3n) is 3.82. The molecular formula is C17H19NO7S2. The lowest BCUT2D eigenvalue weighted by molar-refractivity contribution is 0.0693. The van der Waals surface area contributed by atoms with Crippen LogP contribution in [0.25, 0.3) is 0 Å². The van der Waals surface area contributed by atoms with Crippen molar-refractivity contribution in [3.63, 3.8) is 0 Å². The molecule has 0 aromatic heterocycles. The minimum atomic E-state index is -4.10. The number of benzene rings is 2. The summed E-state index contributed by atoms with van der Waals surface area (Å²) in [5.41, 5.74) is 0.192. The second-order valence-corrected chi connectivity index (χ2v) is 9.60. The van der Waals surface area contributed by atoms with Gasteiger partial charge in [0.05, 0.1) is 28.3 Å². The molecule has 0 bridgehead atoms. The monoisotopic (exact) mass is 413 g/mol. The number of carboxylic acids is 1. The zero-order chi connectivity index (χ0) is 20.4. The third kappa shape index (κ3) is 4.40. The van der Waals surface area contributed by atoms with Gasteiger partial charge in [0.2, 0.25) is 0 Å². The second-order valence-electron chi connectivity index (χ2n) is 5.68. The van der Waals surface area contributed by atoms with E-state index in [4.69, 9.17) is 4.74 Å². The predicted octanol–water partition coefficient (Wildman–Crippen LogP) is 2.30. The van der Waals surface area contributed by atoms with Crippen molar-refractivity contribution in [3.05, 3.63) is 47.5 Å². The number of carbonyl (C=O) groups is 1. The van der Waals surface area contributed by atoms with Crippen LogP contribution in [0.3, 0.4) is 0 Å². The quantitative estimate of drug-likeness (QED) is 0.713. The summed E-state index contributed by atoms with van der Waals surface area (Å²) in [5, 5.41) is 9.27. The number of sulfonamides is 1. The number of anilines is 1. The standard InChI is InChI=1S/C17H19NO7S2/c1-4-26(21,22)16-9-13(17(19)20)15(25-3)10-14(16)18-27(23,24)12-7-5-11(2)6-8-12/h5-10,18H,4H2,1-3H3,(H,19,20). The first-order valence-electron chi connectivity index (χ1n) is 7.79. The van der Waals surface area contributed by atoms with Gasteiger partial charge in [-0.3, -0.25) is 4.72 Å². The van der Waals surface area contributed by atoms with Crippen molar-refractivity contribution in [1.82, 2.24) is 0 Å². The van der Waals surface area contributed by atoms with Crippen LogP contribution in [0.15, 0.2) is 46.2 Å². The molecule has 8 nitrogen and oxygen atoms in total. The van der Waals surface area contributed by atoms with Crippen LogP contribution in [0.1, 0.15) is 22.8 Å². The maximum Gasteiger partial charge on any atom is 0.339 e. The van der Waals surface area contributed by atoms with Crippen molar-refractivity contribution in [1.29, 1.82) is 0 Å². The Morgan fingerprint density at radius 1 is 1.11 bits per heavy atom. The number of carboxylic acid groups (broad SMARTS) is 1. The van der Waals surface area contributed by atoms with E-state index in [0.29, 0.717) is 0 Å². The van der Waals surface area contributed by atoms with Crippen molar-refractivity contribution in [3.8, 4) is 5.75 Å². The van der Waals surface area contributed by atoms with Gasteiger partial charge in [0.1, 0.15) is 11.3 Å². The molecule has 0 spiro atoms. The van der Waals surface area contributed by atoms with Crippen LogP contribution < -0.4 is 9.46 Å². The minimum Gasteiger partial charge on any atom is -0.496 e. The Bertz CT molecular complexity index is 1070. The average molecular weight is 413 g/mol. The fourth-order valence-corrected chi connectivity index (χ4v) is 4.50. The highest BCUT2D eigenvalue weighted by molar-refractivity contribution is 7.93. The molecule has 0 aliphatic rings. The summed E-state index contributed by atoms with van der Waals surface area (Å²) in [6.07, 6.45) is 0. The summed E-state index contributed by atoms with van der Waals surface area (Å²) < 4.78 is 57.3. The highest BCUT2D eigenvalue weighted by Crippen LogP contribution is 2.33. The topological polar surface area (TPSA) is 127 Å². The molecule has 0 radical (unpaired) electrons. The van der Waals surface area contributed by atoms with Crippen LogP contribution in [0.5, 0.6) is 5.75 Å². The van der Waals surface area contributed by atoms with E-state index in [1.165, 1.54) is 26.2 Å². The number of ether oxygens (including phenoxy) is 1. The van der Waals surface area contributed by atoms with E-state index in [0.717, 1.165) is 17.7 Å². The van der Waals surface area contributed by atoms with Gasteiger partial charge in [0.25, 0.3) is 10.0 Å². The van der Waals surface area contributed by atoms with Gasteiger partial charge < -0.3 is 9.84 Å². The number of nitrogens with one attached hydrogen (secondary N) is 1. The Morgan fingerprint density at radius 3 is 2.19 bits per heavy atom. The lowest BCUT2D eigenvalue weighted by Gasteiger charge is -2.16. The molecule has 0 atom stereocenters. The Balaban J connectivity index is 2.67. The number of sulfone groups is 1. The Kier molecular flexibility index (Phi) is 5.81. The van der Waals surface area contributed by atoms with E-state index in [1.54, 1.807) is 19.1 Å². The van der Waals surface area contributed by atoms with Gasteiger partial charge in [-0.05, 0) is 25.1 Å². The van der Waals surface area contributed by atoms with Gasteiger partial charge in [-0.25, -0.2) is 21.6 Å². The SMILES string of the molecule is CCS(=O)(=O)c1cc(C(=O)O)c(OC)cc1NS(=O)(=O)c1ccc(C)cc1. The van der Waals surface area contributed by atoms with Gasteiger partial charge in [0, 0.05) is 6.07 Å². The van der Waals surface area contributed by atoms with Crippen molar-refractivity contribution >= 4 is 31.5 Å². The summed E-state index contributed by atoms with van der Waals surface area (Å²) in [4.78, 5) is 10.9. The molecule has 0 aliphatic heterocycles. The molecule has 2 aromatic rings. The normalized spacial score (nSPS) is 11.8. The fraction of sp³-hybridized carbons (Fsp3) is 0.235. The molecule has 0 saturated heterocycles. The van der Waals surface area contributed by atoms with Gasteiger partial charge in [-0.2, -0.15) is 0 Å². The van der Waals surface area contributed by atoms with Gasteiger partial charge >= 0.3 is 5.97 Å². The number of aromatic carboxylic acids is 1. The average Bonchev–Trinajstić information content (AvgIpc) is 2.60. The Hall–Kier alpha value is -2.59. The number of methoxy groups -OCH3 is 1. The lowest BCUT2D eigenvalue weighted by Crippen LogP contribution is -2.17. The van der Waals surface area contributed by atoms with Crippen molar-refractivity contribution in [2.24, 2.45) is 0 Å². The maximum atomic E-state index is 12.6. The maximum absolute atomic E-state index is 12.6. The van der Waals surface area contributed by atoms with Crippen LogP contribution in [0.4, 0.5) is 5.69 Å². The summed E-state index contributed by atoms with van der Waals surface area (Å²) in [7, 11) is -6.81. The predicted molar refractivity (Wildman–Crippen MR) is 99.7 cm³/mol. The molecule has 27 heavy (non-hydrogen) atoms. The molecule has 0 aliphatic carbocycles. The first kappa shape index (κ1) is 20.7. The molecule has 2 rings (SSSR count). The van der Waals surface area contributed by atoms with Crippen molar-refractivity contribution in [2.75, 3.05) is 17.6 Å². The molecule has 0 unspecified atom stereocenters. The van der Waals surface area contributed by atoms with E-state index in [1.807, 2.05) is 0 Å². The van der Waals surface area contributed by atoms with Gasteiger partial charge in [-0.15, -0.1) is 0 Å². The molecule has 2 N–H and O–H groups in total. The zero-order valence-corrected chi connectivity index (χ0v) is 16.5. The van der Waals surface area contributed by atoms with E-state index in [2.05, 4.69) is 4.72 Å². The van der Waals surface area contributed by atoms with E-state index in [9.17, 15) is 26.7 Å². The van der Waals surface area contributed by atoms with Gasteiger partial charge in [0.15, 0.2) is 9.84 Å². The third-order valence-corrected chi connectivity index (χ3v) is 6.97. The van der Waals surface area contributed by atoms with Crippen molar-refractivity contribution < 1.29 is 31.5 Å². The van der Waals surface area contributed by atoms with Crippen LogP contribution in [-0.2, 0) is 19.9 Å². The first-order chi connectivity index (χ1) is 12.5. The largest absolute Gasteiger partial charge is 0.496 e. The molecule has 2 aromatic carbocycles. The molecule has 0 fully saturated rings. The summed E-state index contributed by atoms with van der Waals surface area (Å²) in [5.74, 6) is -1.90. The van der Waals surface area contributed by atoms with Crippen LogP contribution in [-0.4, -0.2) is 40.8 Å². The van der Waals surface area contributed by atoms with Crippen molar-refractivity contribution in [2.45, 2.75) is 23.6 Å². The molecule has 0 amide bonds. The highest BCUT2D eigenvalue weighted by atomic mass is 32.2. The summed E-state index contributed by atoms with van der Waals surface area (Å²) >= 11 is 0. The number of aryl methyl sites for hydroxylation is 1. The van der Waals surface area contributed by atoms with Gasteiger partial charge in [-0.1, -0.05) is 24.6 Å². The van der Waals surface area contributed by atoms with Crippen LogP contribution in [0.2, 0.25) is 0 Å². The van der Waals surface area contributed by atoms with E-state index in [-0.39, 0.29) is 27.6 Å². The number of hydrogen-bond donors (Lipinski definition) is 2. The highest BCUT2D eigenvalue weighted by Gasteiger charge is 2.26. The zero-order valence-electron chi connectivity index (χ0n) is 14.9. The first-order valence-corrected chi connectivity index (χ1v) is 10.9. The van der Waals surface area contributed by atoms with E-state index >= 15 is 0 Å². The molecule has 10 heteroatoms. The molecule has 0 heterocycles.